The summed E-state index contributed by atoms with van der Waals surface area (Å²) in [6.45, 7) is 4.03. The van der Waals surface area contributed by atoms with Gasteiger partial charge in [-0.05, 0) is 43.2 Å². The van der Waals surface area contributed by atoms with Crippen LogP contribution in [-0.4, -0.2) is 10.9 Å². The van der Waals surface area contributed by atoms with Gasteiger partial charge in [0.15, 0.2) is 5.78 Å². The molecule has 0 saturated heterocycles. The molecule has 0 atom stereocenters. The second kappa shape index (κ2) is 5.53. The third-order valence-corrected chi connectivity index (χ3v) is 2.98. The number of hydrogen-bond donors (Lipinski definition) is 1. The molecule has 0 aliphatic rings. The maximum atomic E-state index is 12.0. The third kappa shape index (κ3) is 3.32. The number of hydrogen-bond acceptors (Lipinski definition) is 2. The first-order valence-electron chi connectivity index (χ1n) is 6.15. The van der Waals surface area contributed by atoms with Crippen LogP contribution in [0.3, 0.4) is 0 Å². The fourth-order valence-electron chi connectivity index (χ4n) is 1.86. The van der Waals surface area contributed by atoms with Gasteiger partial charge in [0, 0.05) is 5.56 Å². The van der Waals surface area contributed by atoms with Crippen molar-refractivity contribution in [1.29, 1.82) is 0 Å². The summed E-state index contributed by atoms with van der Waals surface area (Å²) in [5.41, 5.74) is 3.82. The lowest BCUT2D eigenvalue weighted by atomic mass is 10.0. The van der Waals surface area contributed by atoms with E-state index in [2.05, 4.69) is 0 Å². The Hall–Kier alpha value is -2.35. The second-order valence-corrected chi connectivity index (χ2v) is 4.61. The van der Waals surface area contributed by atoms with Crippen molar-refractivity contribution in [3.8, 4) is 5.75 Å². The smallest absolute Gasteiger partial charge is 0.185 e. The second-order valence-electron chi connectivity index (χ2n) is 4.61. The normalized spacial score (nSPS) is 10.8. The van der Waals surface area contributed by atoms with Gasteiger partial charge >= 0.3 is 0 Å². The number of carbonyl (C=O) groups is 1. The molecule has 0 aliphatic heterocycles. The molecule has 0 amide bonds. The van der Waals surface area contributed by atoms with E-state index in [4.69, 9.17) is 0 Å². The Labute approximate surface area is 113 Å². The number of phenols is 1. The van der Waals surface area contributed by atoms with Crippen molar-refractivity contribution in [3.63, 3.8) is 0 Å². The highest BCUT2D eigenvalue weighted by molar-refractivity contribution is 6.07. The highest BCUT2D eigenvalue weighted by atomic mass is 16.3. The third-order valence-electron chi connectivity index (χ3n) is 2.98. The first kappa shape index (κ1) is 13.1. The van der Waals surface area contributed by atoms with E-state index in [9.17, 15) is 9.90 Å². The molecule has 2 heteroatoms. The molecule has 0 heterocycles. The Morgan fingerprint density at radius 2 is 1.89 bits per heavy atom. The van der Waals surface area contributed by atoms with Crippen molar-refractivity contribution in [3.05, 3.63) is 70.8 Å². The van der Waals surface area contributed by atoms with Gasteiger partial charge < -0.3 is 5.11 Å². The minimum atomic E-state index is -0.114. The highest BCUT2D eigenvalue weighted by Gasteiger charge is 2.02. The SMILES string of the molecule is Cc1ccc(C)c(/C=C/C(=O)c2cccc(O)c2)c1. The van der Waals surface area contributed by atoms with Crippen LogP contribution in [-0.2, 0) is 0 Å². The van der Waals surface area contributed by atoms with Crippen molar-refractivity contribution < 1.29 is 9.90 Å². The summed E-state index contributed by atoms with van der Waals surface area (Å²) < 4.78 is 0. The molecule has 0 radical (unpaired) electrons. The Balaban J connectivity index is 2.23. The topological polar surface area (TPSA) is 37.3 Å². The molecule has 96 valence electrons. The minimum absolute atomic E-state index is 0.103. The Kier molecular flexibility index (Phi) is 3.81. The predicted octanol–water partition coefficient (Wildman–Crippen LogP) is 3.91. The molecule has 2 nitrogen and oxygen atoms in total. The fraction of sp³-hybridized carbons (Fsp3) is 0.118. The summed E-state index contributed by atoms with van der Waals surface area (Å²) in [4.78, 5) is 12.0. The van der Waals surface area contributed by atoms with E-state index in [0.29, 0.717) is 5.56 Å². The molecule has 0 unspecified atom stereocenters. The lowest BCUT2D eigenvalue weighted by Crippen LogP contribution is -1.93. The van der Waals surface area contributed by atoms with Crippen molar-refractivity contribution in [2.45, 2.75) is 13.8 Å². The zero-order valence-corrected chi connectivity index (χ0v) is 11.1. The van der Waals surface area contributed by atoms with Crippen LogP contribution in [0.2, 0.25) is 0 Å². The highest BCUT2D eigenvalue weighted by Crippen LogP contribution is 2.15. The zero-order valence-electron chi connectivity index (χ0n) is 11.1. The van der Waals surface area contributed by atoms with Crippen LogP contribution in [0.5, 0.6) is 5.75 Å². The molecule has 2 rings (SSSR count). The van der Waals surface area contributed by atoms with Crippen LogP contribution in [0, 0.1) is 13.8 Å². The molecule has 1 N–H and O–H groups in total. The van der Waals surface area contributed by atoms with Crippen LogP contribution < -0.4 is 0 Å². The zero-order chi connectivity index (χ0) is 13.8. The molecule has 2 aromatic rings. The molecule has 0 fully saturated rings. The molecule has 2 aromatic carbocycles. The minimum Gasteiger partial charge on any atom is -0.508 e. The van der Waals surface area contributed by atoms with Crippen LogP contribution in [0.1, 0.15) is 27.0 Å². The summed E-state index contributed by atoms with van der Waals surface area (Å²) >= 11 is 0. The van der Waals surface area contributed by atoms with E-state index >= 15 is 0 Å². The molecule has 0 aromatic heterocycles. The maximum absolute atomic E-state index is 12.0. The van der Waals surface area contributed by atoms with Gasteiger partial charge in [0.25, 0.3) is 0 Å². The fourth-order valence-corrected chi connectivity index (χ4v) is 1.86. The number of carbonyl (C=O) groups excluding carboxylic acids is 1. The first-order chi connectivity index (χ1) is 9.06. The van der Waals surface area contributed by atoms with E-state index in [0.717, 1.165) is 16.7 Å². The van der Waals surface area contributed by atoms with Gasteiger partial charge in [-0.25, -0.2) is 0 Å². The molecule has 0 bridgehead atoms. The molecular weight excluding hydrogens is 236 g/mol. The van der Waals surface area contributed by atoms with Crippen LogP contribution in [0.4, 0.5) is 0 Å². The largest absolute Gasteiger partial charge is 0.508 e. The van der Waals surface area contributed by atoms with Crippen LogP contribution >= 0.6 is 0 Å². The predicted molar refractivity (Wildman–Crippen MR) is 77.4 cm³/mol. The Morgan fingerprint density at radius 1 is 1.11 bits per heavy atom. The van der Waals surface area contributed by atoms with Crippen molar-refractivity contribution in [2.75, 3.05) is 0 Å². The Bertz CT molecular complexity index is 639. The number of rotatable bonds is 3. The number of phenolic OH excluding ortho intramolecular Hbond substituents is 1. The van der Waals surface area contributed by atoms with E-state index in [1.807, 2.05) is 38.1 Å². The van der Waals surface area contributed by atoms with E-state index < -0.39 is 0 Å². The Morgan fingerprint density at radius 3 is 2.63 bits per heavy atom. The monoisotopic (exact) mass is 252 g/mol. The molecule has 0 saturated carbocycles. The number of allylic oxidation sites excluding steroid dienone is 1. The standard InChI is InChI=1S/C17H16O2/c1-12-6-7-13(2)14(10-12)8-9-17(19)15-4-3-5-16(18)11-15/h3-11,18H,1-2H3/b9-8+. The van der Waals surface area contributed by atoms with Gasteiger partial charge in [0.05, 0.1) is 0 Å². The molecular formula is C17H16O2. The number of aryl methyl sites for hydroxylation is 2. The average Bonchev–Trinajstić information content (AvgIpc) is 2.39. The van der Waals surface area contributed by atoms with Crippen LogP contribution in [0.25, 0.3) is 6.08 Å². The quantitative estimate of drug-likeness (QED) is 0.664. The molecule has 19 heavy (non-hydrogen) atoms. The number of aromatic hydroxyl groups is 1. The lowest BCUT2D eigenvalue weighted by molar-refractivity contribution is 0.104. The summed E-state index contributed by atoms with van der Waals surface area (Å²) in [6, 6.07) is 12.5. The number of benzene rings is 2. The van der Waals surface area contributed by atoms with E-state index in [1.165, 1.54) is 12.1 Å². The summed E-state index contributed by atoms with van der Waals surface area (Å²) in [5.74, 6) is -0.0113. The van der Waals surface area contributed by atoms with Gasteiger partial charge in [-0.15, -0.1) is 0 Å². The summed E-state index contributed by atoms with van der Waals surface area (Å²) in [5, 5.41) is 9.35. The molecule has 0 spiro atoms. The summed E-state index contributed by atoms with van der Waals surface area (Å²) in [7, 11) is 0. The van der Waals surface area contributed by atoms with Crippen molar-refractivity contribution in [1.82, 2.24) is 0 Å². The maximum Gasteiger partial charge on any atom is 0.185 e. The lowest BCUT2D eigenvalue weighted by Gasteiger charge is -2.02. The van der Waals surface area contributed by atoms with Gasteiger partial charge in [-0.3, -0.25) is 4.79 Å². The van der Waals surface area contributed by atoms with E-state index in [-0.39, 0.29) is 11.5 Å². The van der Waals surface area contributed by atoms with Gasteiger partial charge in [-0.2, -0.15) is 0 Å². The van der Waals surface area contributed by atoms with Crippen molar-refractivity contribution >= 4 is 11.9 Å². The number of ketones is 1. The van der Waals surface area contributed by atoms with Gasteiger partial charge in [0.1, 0.15) is 5.75 Å². The molecule has 0 aliphatic carbocycles. The van der Waals surface area contributed by atoms with Crippen molar-refractivity contribution in [2.24, 2.45) is 0 Å². The van der Waals surface area contributed by atoms with Gasteiger partial charge in [-0.1, -0.05) is 42.0 Å². The first-order valence-corrected chi connectivity index (χ1v) is 6.15. The van der Waals surface area contributed by atoms with Crippen LogP contribution in [0.15, 0.2) is 48.5 Å². The summed E-state index contributed by atoms with van der Waals surface area (Å²) in [6.07, 6.45) is 3.35. The average molecular weight is 252 g/mol. The van der Waals surface area contributed by atoms with E-state index in [1.54, 1.807) is 18.2 Å². The van der Waals surface area contributed by atoms with Gasteiger partial charge in [0.2, 0.25) is 0 Å².